The minimum atomic E-state index is -0.811. The number of allylic oxidation sites excluding steroid dienone is 1. The molecule has 0 bridgehead atoms. The van der Waals surface area contributed by atoms with Crippen LogP contribution in [0.4, 0.5) is 0 Å². The van der Waals surface area contributed by atoms with E-state index in [1.807, 2.05) is 32.1 Å². The highest BCUT2D eigenvalue weighted by Crippen LogP contribution is 2.38. The number of benzene rings is 2. The molecule has 0 spiro atoms. The van der Waals surface area contributed by atoms with E-state index in [2.05, 4.69) is 50.2 Å². The number of nitrogens with zero attached hydrogens (tertiary/aromatic N) is 2. The summed E-state index contributed by atoms with van der Waals surface area (Å²) in [5.41, 5.74) is 1.95. The summed E-state index contributed by atoms with van der Waals surface area (Å²) < 4.78 is 26.4. The highest BCUT2D eigenvalue weighted by Gasteiger charge is 2.35. The van der Waals surface area contributed by atoms with Crippen LogP contribution < -0.4 is 29.1 Å². The van der Waals surface area contributed by atoms with Crippen molar-refractivity contribution in [2.75, 3.05) is 20.8 Å². The SMILES string of the molecule is CCOC(=O)C1=C(C)N=c2s/c(=C\c3cc(I)c(OC(C)C)c(I)c3)c(=O)n2[C@@H]1c1cc(OC)ccc1OC. The molecule has 0 N–H and O–H groups in total. The zero-order valence-corrected chi connectivity index (χ0v) is 27.5. The first-order chi connectivity index (χ1) is 18.6. The Bertz CT molecular complexity index is 1620. The predicted octanol–water partition coefficient (Wildman–Crippen LogP) is 4.81. The van der Waals surface area contributed by atoms with Gasteiger partial charge in [-0.2, -0.15) is 0 Å². The Morgan fingerprint density at radius 3 is 2.44 bits per heavy atom. The van der Waals surface area contributed by atoms with Crippen molar-refractivity contribution < 1.29 is 23.7 Å². The molecular formula is C28H28I2N2O6S. The van der Waals surface area contributed by atoms with Gasteiger partial charge in [0.25, 0.3) is 5.56 Å². The van der Waals surface area contributed by atoms with E-state index in [1.54, 1.807) is 50.8 Å². The van der Waals surface area contributed by atoms with Crippen LogP contribution in [0.5, 0.6) is 17.2 Å². The van der Waals surface area contributed by atoms with Gasteiger partial charge >= 0.3 is 5.97 Å². The molecule has 0 fully saturated rings. The van der Waals surface area contributed by atoms with Crippen LogP contribution >= 0.6 is 56.5 Å². The first-order valence-electron chi connectivity index (χ1n) is 12.2. The fraction of sp³-hybridized carbons (Fsp3) is 0.321. The summed E-state index contributed by atoms with van der Waals surface area (Å²) in [5.74, 6) is 1.37. The number of carbonyl (C=O) groups is 1. The number of ether oxygens (including phenoxy) is 4. The van der Waals surface area contributed by atoms with E-state index in [0.717, 1.165) is 18.5 Å². The minimum absolute atomic E-state index is 0.0482. The molecule has 0 amide bonds. The molecule has 11 heteroatoms. The third kappa shape index (κ3) is 6.04. The molecule has 8 nitrogen and oxygen atoms in total. The maximum absolute atomic E-state index is 14.0. The monoisotopic (exact) mass is 774 g/mol. The Morgan fingerprint density at radius 2 is 1.85 bits per heavy atom. The molecule has 1 aromatic heterocycles. The summed E-state index contributed by atoms with van der Waals surface area (Å²) in [4.78, 5) is 32.3. The number of halogens is 2. The number of rotatable bonds is 8. The topological polar surface area (TPSA) is 88.4 Å². The molecule has 0 radical (unpaired) electrons. The summed E-state index contributed by atoms with van der Waals surface area (Å²) in [6.45, 7) is 7.66. The average Bonchev–Trinajstić information content (AvgIpc) is 3.19. The number of aromatic nitrogens is 1. The van der Waals surface area contributed by atoms with Gasteiger partial charge in [-0.15, -0.1) is 0 Å². The van der Waals surface area contributed by atoms with Gasteiger partial charge in [0, 0.05) is 5.56 Å². The zero-order valence-electron chi connectivity index (χ0n) is 22.3. The molecule has 0 aliphatic carbocycles. The quantitative estimate of drug-likeness (QED) is 0.242. The van der Waals surface area contributed by atoms with Gasteiger partial charge in [0.05, 0.1) is 49.9 Å². The number of methoxy groups -OCH3 is 2. The molecule has 0 unspecified atom stereocenters. The molecule has 4 rings (SSSR count). The molecule has 0 saturated heterocycles. The Hall–Kier alpha value is -2.39. The fourth-order valence-electron chi connectivity index (χ4n) is 4.30. The van der Waals surface area contributed by atoms with Crippen molar-refractivity contribution in [1.29, 1.82) is 0 Å². The van der Waals surface area contributed by atoms with Crippen LogP contribution in [0, 0.1) is 7.14 Å². The lowest BCUT2D eigenvalue weighted by atomic mass is 9.94. The molecule has 2 heterocycles. The fourth-order valence-corrected chi connectivity index (χ4v) is 7.42. The van der Waals surface area contributed by atoms with Crippen molar-refractivity contribution in [3.63, 3.8) is 0 Å². The maximum Gasteiger partial charge on any atom is 0.338 e. The summed E-state index contributed by atoms with van der Waals surface area (Å²) >= 11 is 5.76. The van der Waals surface area contributed by atoms with E-state index in [1.165, 1.54) is 11.3 Å². The highest BCUT2D eigenvalue weighted by molar-refractivity contribution is 14.1. The lowest BCUT2D eigenvalue weighted by molar-refractivity contribution is -0.139. The van der Waals surface area contributed by atoms with Crippen molar-refractivity contribution in [3.8, 4) is 17.2 Å². The van der Waals surface area contributed by atoms with Crippen molar-refractivity contribution in [2.24, 2.45) is 4.99 Å². The predicted molar refractivity (Wildman–Crippen MR) is 168 cm³/mol. The molecule has 1 aliphatic heterocycles. The summed E-state index contributed by atoms with van der Waals surface area (Å²) in [7, 11) is 3.11. The Labute approximate surface area is 257 Å². The van der Waals surface area contributed by atoms with E-state index >= 15 is 0 Å². The first kappa shape index (κ1) is 29.6. The zero-order chi connectivity index (χ0) is 28.4. The van der Waals surface area contributed by atoms with Crippen molar-refractivity contribution in [2.45, 2.75) is 39.8 Å². The number of thiazole rings is 1. The van der Waals surface area contributed by atoms with Crippen LogP contribution in [0.3, 0.4) is 0 Å². The second-order valence-corrected chi connectivity index (χ2v) is 12.2. The van der Waals surface area contributed by atoms with E-state index < -0.39 is 12.0 Å². The lowest BCUT2D eigenvalue weighted by Gasteiger charge is -2.26. The van der Waals surface area contributed by atoms with Crippen LogP contribution in [-0.2, 0) is 9.53 Å². The third-order valence-electron chi connectivity index (χ3n) is 5.92. The molecule has 2 aromatic carbocycles. The van der Waals surface area contributed by atoms with Gasteiger partial charge in [0.1, 0.15) is 23.3 Å². The van der Waals surface area contributed by atoms with Gasteiger partial charge in [-0.05, 0) is 115 Å². The number of hydrogen-bond donors (Lipinski definition) is 0. The molecule has 1 atom stereocenters. The Balaban J connectivity index is 1.96. The number of hydrogen-bond acceptors (Lipinski definition) is 8. The van der Waals surface area contributed by atoms with Crippen LogP contribution in [0.2, 0.25) is 0 Å². The summed E-state index contributed by atoms with van der Waals surface area (Å²) in [6, 6.07) is 8.45. The molecule has 3 aromatic rings. The van der Waals surface area contributed by atoms with Crippen molar-refractivity contribution >= 4 is 68.6 Å². The minimum Gasteiger partial charge on any atom is -0.497 e. The average molecular weight is 774 g/mol. The number of fused-ring (bicyclic) bond motifs is 1. The van der Waals surface area contributed by atoms with E-state index in [9.17, 15) is 9.59 Å². The van der Waals surface area contributed by atoms with Crippen LogP contribution in [0.15, 0.2) is 51.4 Å². The molecular weight excluding hydrogens is 746 g/mol. The van der Waals surface area contributed by atoms with Gasteiger partial charge in [-0.3, -0.25) is 9.36 Å². The third-order valence-corrected chi connectivity index (χ3v) is 8.51. The van der Waals surface area contributed by atoms with E-state index in [-0.39, 0.29) is 23.8 Å². The van der Waals surface area contributed by atoms with Gasteiger partial charge in [-0.25, -0.2) is 9.79 Å². The highest BCUT2D eigenvalue weighted by atomic mass is 127. The standard InChI is InChI=1S/C28H28I2N2O6S/c1-7-37-27(34)23-15(4)31-28-32(24(23)18-13-17(35-5)8-9-21(18)36-6)26(33)22(39-28)12-16-10-19(29)25(20(30)11-16)38-14(2)3/h8-14,24H,7H2,1-6H3/b22-12-/t24-/m1/s1. The molecule has 1 aliphatic rings. The van der Waals surface area contributed by atoms with Crippen molar-refractivity contribution in [1.82, 2.24) is 4.57 Å². The Kier molecular flexibility index (Phi) is 9.42. The normalized spacial score (nSPS) is 15.2. The van der Waals surface area contributed by atoms with E-state index in [4.69, 9.17) is 18.9 Å². The maximum atomic E-state index is 14.0. The molecule has 39 heavy (non-hydrogen) atoms. The number of carbonyl (C=O) groups excluding carboxylic acids is 1. The van der Waals surface area contributed by atoms with Gasteiger partial charge in [0.2, 0.25) is 0 Å². The second-order valence-electron chi connectivity index (χ2n) is 8.89. The van der Waals surface area contributed by atoms with Gasteiger partial charge in [0.15, 0.2) is 4.80 Å². The molecule has 0 saturated carbocycles. The largest absolute Gasteiger partial charge is 0.497 e. The molecule has 206 valence electrons. The van der Waals surface area contributed by atoms with Gasteiger partial charge in [-0.1, -0.05) is 11.3 Å². The van der Waals surface area contributed by atoms with E-state index in [0.29, 0.717) is 32.1 Å². The van der Waals surface area contributed by atoms with Crippen molar-refractivity contribution in [3.05, 3.63) is 79.6 Å². The van der Waals surface area contributed by atoms with Gasteiger partial charge < -0.3 is 18.9 Å². The first-order valence-corrected chi connectivity index (χ1v) is 15.1. The van der Waals surface area contributed by atoms with Crippen LogP contribution in [-0.4, -0.2) is 37.5 Å². The van der Waals surface area contributed by atoms with Crippen LogP contribution in [0.1, 0.15) is 44.9 Å². The summed E-state index contributed by atoms with van der Waals surface area (Å²) in [5, 5.41) is 0. The Morgan fingerprint density at radius 1 is 1.15 bits per heavy atom. The van der Waals surface area contributed by atoms with Crippen LogP contribution in [0.25, 0.3) is 6.08 Å². The second kappa shape index (κ2) is 12.4. The number of esters is 1. The smallest absolute Gasteiger partial charge is 0.338 e. The summed E-state index contributed by atoms with van der Waals surface area (Å²) in [6.07, 6.45) is 1.89. The lowest BCUT2D eigenvalue weighted by Crippen LogP contribution is -2.40.